The molecule has 3 heteroatoms. The predicted octanol–water partition coefficient (Wildman–Crippen LogP) is 3.31. The summed E-state index contributed by atoms with van der Waals surface area (Å²) in [5.74, 6) is 0. The molecule has 0 radical (unpaired) electrons. The van der Waals surface area contributed by atoms with Gasteiger partial charge in [-0.05, 0) is 16.6 Å². The largest absolute Gasteiger partial charge is 0.460 e. The van der Waals surface area contributed by atoms with E-state index in [2.05, 4.69) is 48.1 Å². The molecule has 0 heterocycles. The zero-order valence-electron chi connectivity index (χ0n) is 10.3. The molecule has 0 aliphatic heterocycles. The van der Waals surface area contributed by atoms with Gasteiger partial charge in [0.2, 0.25) is 0 Å². The minimum Gasteiger partial charge on any atom is -0.460 e. The first-order chi connectivity index (χ1) is 5.89. The van der Waals surface area contributed by atoms with Gasteiger partial charge in [-0.3, -0.25) is 0 Å². The summed E-state index contributed by atoms with van der Waals surface area (Å²) in [6.07, 6.45) is 0. The molecule has 0 spiro atoms. The highest BCUT2D eigenvalue weighted by molar-refractivity contribution is 6.80. The van der Waals surface area contributed by atoms with Gasteiger partial charge >= 0.3 is 0 Å². The number of hydrogen-bond donors (Lipinski definition) is 0. The Bertz CT molecular complexity index is 122. The van der Waals surface area contributed by atoms with Crippen LogP contribution in [0.2, 0.25) is 23.2 Å². The maximum atomic E-state index is 6.29. The third kappa shape index (κ3) is 2.67. The van der Waals surface area contributed by atoms with Crippen molar-refractivity contribution in [1.29, 1.82) is 0 Å². The van der Waals surface area contributed by atoms with Gasteiger partial charge in [0.1, 0.15) is 9.76 Å². The first-order valence-electron chi connectivity index (χ1n) is 5.53. The Kier molecular flexibility index (Phi) is 5.48. The van der Waals surface area contributed by atoms with E-state index in [1.807, 2.05) is 0 Å². The van der Waals surface area contributed by atoms with Crippen LogP contribution in [0.1, 0.15) is 41.5 Å². The van der Waals surface area contributed by atoms with E-state index in [0.29, 0.717) is 0 Å². The molecular formula is C10H26OSi2. The maximum Gasteiger partial charge on any atom is 0.187 e. The lowest BCUT2D eigenvalue weighted by atomic mass is 10.5. The van der Waals surface area contributed by atoms with Crippen LogP contribution in [0.4, 0.5) is 0 Å². The van der Waals surface area contributed by atoms with Gasteiger partial charge in [0.05, 0.1) is 0 Å². The third-order valence-electron chi connectivity index (χ3n) is 3.10. The third-order valence-corrected chi connectivity index (χ3v) is 11.7. The molecule has 0 N–H and O–H groups in total. The SMILES string of the molecule is C[SiH2]O[Si](C(C)C)(C(C)C)C(C)C. The van der Waals surface area contributed by atoms with E-state index in [0.717, 1.165) is 16.6 Å². The molecule has 0 unspecified atom stereocenters. The fourth-order valence-corrected chi connectivity index (χ4v) is 12.8. The minimum absolute atomic E-state index is 0.257. The normalized spacial score (nSPS) is 14.3. The second-order valence-electron chi connectivity index (χ2n) is 4.75. The van der Waals surface area contributed by atoms with E-state index < -0.39 is 8.32 Å². The van der Waals surface area contributed by atoms with Gasteiger partial charge in [-0.1, -0.05) is 48.1 Å². The van der Waals surface area contributed by atoms with Gasteiger partial charge in [0.25, 0.3) is 0 Å². The summed E-state index contributed by atoms with van der Waals surface area (Å²) in [5.41, 5.74) is 2.25. The summed E-state index contributed by atoms with van der Waals surface area (Å²) in [5, 5.41) is 0. The highest BCUT2D eigenvalue weighted by atomic mass is 28.4. The summed E-state index contributed by atoms with van der Waals surface area (Å²) in [4.78, 5) is 0. The molecule has 0 fully saturated rings. The van der Waals surface area contributed by atoms with E-state index >= 15 is 0 Å². The first-order valence-corrected chi connectivity index (χ1v) is 9.66. The van der Waals surface area contributed by atoms with Crippen molar-refractivity contribution in [2.75, 3.05) is 0 Å². The van der Waals surface area contributed by atoms with Gasteiger partial charge in [-0.2, -0.15) is 0 Å². The zero-order chi connectivity index (χ0) is 10.6. The molecule has 80 valence electrons. The molecular weight excluding hydrogens is 192 g/mol. The van der Waals surface area contributed by atoms with Crippen molar-refractivity contribution in [3.05, 3.63) is 0 Å². The van der Waals surface area contributed by atoms with E-state index in [-0.39, 0.29) is 9.76 Å². The van der Waals surface area contributed by atoms with Gasteiger partial charge in [-0.25, -0.2) is 0 Å². The zero-order valence-corrected chi connectivity index (χ0v) is 12.8. The highest BCUT2D eigenvalue weighted by Crippen LogP contribution is 2.41. The van der Waals surface area contributed by atoms with Crippen LogP contribution in [0.3, 0.4) is 0 Å². The van der Waals surface area contributed by atoms with Crippen LogP contribution in [0.15, 0.2) is 0 Å². The number of hydrogen-bond acceptors (Lipinski definition) is 1. The van der Waals surface area contributed by atoms with E-state index in [9.17, 15) is 0 Å². The Labute approximate surface area is 87.3 Å². The van der Waals surface area contributed by atoms with Crippen molar-refractivity contribution in [1.82, 2.24) is 0 Å². The van der Waals surface area contributed by atoms with Crippen LogP contribution in [0, 0.1) is 0 Å². The average Bonchev–Trinajstić information content (AvgIpc) is 1.97. The Morgan fingerprint density at radius 3 is 1.23 bits per heavy atom. The van der Waals surface area contributed by atoms with E-state index in [1.165, 1.54) is 0 Å². The summed E-state index contributed by atoms with van der Waals surface area (Å²) in [6.45, 7) is 16.3. The summed E-state index contributed by atoms with van der Waals surface area (Å²) < 4.78 is 6.29. The van der Waals surface area contributed by atoms with Crippen LogP contribution in [0.25, 0.3) is 0 Å². The lowest BCUT2D eigenvalue weighted by molar-refractivity contribution is 0.508. The van der Waals surface area contributed by atoms with Crippen molar-refractivity contribution >= 4 is 18.1 Å². The van der Waals surface area contributed by atoms with Crippen molar-refractivity contribution in [3.8, 4) is 0 Å². The molecule has 1 nitrogen and oxygen atoms in total. The minimum atomic E-state index is -1.47. The predicted molar refractivity (Wildman–Crippen MR) is 66.5 cm³/mol. The molecule has 0 aromatic heterocycles. The average molecular weight is 218 g/mol. The molecule has 0 aromatic rings. The molecule has 0 atom stereocenters. The summed E-state index contributed by atoms with van der Waals surface area (Å²) >= 11 is 0. The van der Waals surface area contributed by atoms with Gasteiger partial charge in [-0.15, -0.1) is 0 Å². The summed E-state index contributed by atoms with van der Waals surface area (Å²) in [7, 11) is -1.72. The van der Waals surface area contributed by atoms with Crippen molar-refractivity contribution in [2.24, 2.45) is 0 Å². The molecule has 0 rings (SSSR count). The van der Waals surface area contributed by atoms with Gasteiger partial charge in [0, 0.05) is 0 Å². The Morgan fingerprint density at radius 2 is 1.15 bits per heavy atom. The fraction of sp³-hybridized carbons (Fsp3) is 1.00. The Balaban J connectivity index is 4.82. The molecule has 13 heavy (non-hydrogen) atoms. The molecule has 0 amide bonds. The highest BCUT2D eigenvalue weighted by Gasteiger charge is 2.43. The maximum absolute atomic E-state index is 6.29. The van der Waals surface area contributed by atoms with Crippen LogP contribution in [-0.4, -0.2) is 18.1 Å². The van der Waals surface area contributed by atoms with Crippen LogP contribution >= 0.6 is 0 Å². The monoisotopic (exact) mass is 218 g/mol. The quantitative estimate of drug-likeness (QED) is 0.643. The van der Waals surface area contributed by atoms with Crippen LogP contribution < -0.4 is 0 Å². The lowest BCUT2D eigenvalue weighted by Gasteiger charge is -2.42. The molecule has 0 saturated heterocycles. The van der Waals surface area contributed by atoms with Crippen molar-refractivity contribution in [3.63, 3.8) is 0 Å². The van der Waals surface area contributed by atoms with E-state index in [4.69, 9.17) is 4.12 Å². The van der Waals surface area contributed by atoms with E-state index in [1.54, 1.807) is 0 Å². The molecule has 0 aliphatic carbocycles. The molecule has 0 bridgehead atoms. The first kappa shape index (κ1) is 13.4. The second kappa shape index (κ2) is 5.32. The Morgan fingerprint density at radius 1 is 0.846 bits per heavy atom. The topological polar surface area (TPSA) is 9.23 Å². The second-order valence-corrected chi connectivity index (χ2v) is 11.7. The smallest absolute Gasteiger partial charge is 0.187 e. The fourth-order valence-electron chi connectivity index (χ4n) is 2.75. The lowest BCUT2D eigenvalue weighted by Crippen LogP contribution is -2.48. The Hall–Kier alpha value is 0.394. The molecule has 0 saturated carbocycles. The van der Waals surface area contributed by atoms with Gasteiger partial charge in [0.15, 0.2) is 8.32 Å². The van der Waals surface area contributed by atoms with Gasteiger partial charge < -0.3 is 4.12 Å². The van der Waals surface area contributed by atoms with Crippen molar-refractivity contribution in [2.45, 2.75) is 64.7 Å². The standard InChI is InChI=1S/C10H26OSi2/c1-8(2)13(9(3)4,10(5)6)11-12-7/h8-10H,12H2,1-7H3. The molecule has 0 aromatic carbocycles. The van der Waals surface area contributed by atoms with Crippen LogP contribution in [-0.2, 0) is 4.12 Å². The van der Waals surface area contributed by atoms with Crippen LogP contribution in [0.5, 0.6) is 0 Å². The summed E-state index contributed by atoms with van der Waals surface area (Å²) in [6, 6.07) is 0. The molecule has 0 aliphatic rings. The van der Waals surface area contributed by atoms with Crippen molar-refractivity contribution < 1.29 is 4.12 Å². The number of rotatable bonds is 5.